The van der Waals surface area contributed by atoms with Crippen molar-refractivity contribution < 1.29 is 12.8 Å². The average Bonchev–Trinajstić information content (AvgIpc) is 2.98. The standard InChI is InChI=1S/C19H18ClNO3S/c1-13-6-7-14(2)16(8-13)11-25(22,23)12-18-10-24-19(21-18)15-4-3-5-17(20)9-15/h3-10H,11-12H2,1-2H3. The van der Waals surface area contributed by atoms with Gasteiger partial charge in [-0.2, -0.15) is 0 Å². The second-order valence-corrected chi connectivity index (χ2v) is 8.62. The molecule has 0 radical (unpaired) electrons. The summed E-state index contributed by atoms with van der Waals surface area (Å²) in [6.07, 6.45) is 1.39. The predicted molar refractivity (Wildman–Crippen MR) is 99.2 cm³/mol. The Morgan fingerprint density at radius 1 is 1.08 bits per heavy atom. The van der Waals surface area contributed by atoms with Crippen LogP contribution in [-0.4, -0.2) is 13.4 Å². The minimum absolute atomic E-state index is 0.0140. The molecule has 0 saturated carbocycles. The third-order valence-electron chi connectivity index (χ3n) is 3.87. The number of aromatic nitrogens is 1. The summed E-state index contributed by atoms with van der Waals surface area (Å²) >= 11 is 5.96. The molecule has 0 spiro atoms. The van der Waals surface area contributed by atoms with Crippen LogP contribution in [0, 0.1) is 13.8 Å². The van der Waals surface area contributed by atoms with Crippen LogP contribution in [0.2, 0.25) is 5.02 Å². The summed E-state index contributed by atoms with van der Waals surface area (Å²) in [5.74, 6) is 0.184. The van der Waals surface area contributed by atoms with Gasteiger partial charge >= 0.3 is 0 Å². The topological polar surface area (TPSA) is 60.2 Å². The summed E-state index contributed by atoms with van der Waals surface area (Å²) in [4.78, 5) is 4.28. The highest BCUT2D eigenvalue weighted by Gasteiger charge is 2.18. The number of nitrogens with zero attached hydrogens (tertiary/aromatic N) is 1. The summed E-state index contributed by atoms with van der Waals surface area (Å²) in [5, 5.41) is 0.569. The number of oxazole rings is 1. The minimum Gasteiger partial charge on any atom is -0.444 e. The molecule has 0 amide bonds. The Morgan fingerprint density at radius 2 is 1.88 bits per heavy atom. The Balaban J connectivity index is 1.79. The first-order chi connectivity index (χ1) is 11.8. The van der Waals surface area contributed by atoms with Gasteiger partial charge in [0.1, 0.15) is 6.26 Å². The molecule has 0 atom stereocenters. The molecule has 3 aromatic rings. The molecule has 2 aromatic carbocycles. The summed E-state index contributed by atoms with van der Waals surface area (Å²) < 4.78 is 30.5. The van der Waals surface area contributed by atoms with Gasteiger partial charge in [0.05, 0.1) is 17.2 Å². The van der Waals surface area contributed by atoms with Crippen molar-refractivity contribution in [1.82, 2.24) is 4.98 Å². The van der Waals surface area contributed by atoms with Crippen molar-refractivity contribution in [3.8, 4) is 11.5 Å². The molecule has 0 fully saturated rings. The Labute approximate surface area is 152 Å². The lowest BCUT2D eigenvalue weighted by atomic mass is 10.1. The van der Waals surface area contributed by atoms with E-state index in [1.165, 1.54) is 6.26 Å². The summed E-state index contributed by atoms with van der Waals surface area (Å²) in [6.45, 7) is 3.86. The third-order valence-corrected chi connectivity index (χ3v) is 5.59. The molecule has 4 nitrogen and oxygen atoms in total. The fraction of sp³-hybridized carbons (Fsp3) is 0.211. The fourth-order valence-electron chi connectivity index (χ4n) is 2.60. The number of rotatable bonds is 5. The van der Waals surface area contributed by atoms with Gasteiger partial charge in [0.25, 0.3) is 0 Å². The van der Waals surface area contributed by atoms with E-state index >= 15 is 0 Å². The Kier molecular flexibility index (Phi) is 4.97. The number of sulfone groups is 1. The molecule has 25 heavy (non-hydrogen) atoms. The van der Waals surface area contributed by atoms with Crippen LogP contribution in [0.15, 0.2) is 53.1 Å². The van der Waals surface area contributed by atoms with Crippen LogP contribution in [0.5, 0.6) is 0 Å². The van der Waals surface area contributed by atoms with Gasteiger partial charge in [-0.05, 0) is 43.2 Å². The van der Waals surface area contributed by atoms with Crippen molar-refractivity contribution in [3.05, 3.63) is 76.1 Å². The Morgan fingerprint density at radius 3 is 2.64 bits per heavy atom. The maximum Gasteiger partial charge on any atom is 0.226 e. The molecular weight excluding hydrogens is 358 g/mol. The molecule has 1 aromatic heterocycles. The van der Waals surface area contributed by atoms with Gasteiger partial charge in [-0.25, -0.2) is 13.4 Å². The van der Waals surface area contributed by atoms with Crippen LogP contribution < -0.4 is 0 Å². The van der Waals surface area contributed by atoms with Crippen LogP contribution in [0.25, 0.3) is 11.5 Å². The van der Waals surface area contributed by atoms with E-state index in [1.807, 2.05) is 38.1 Å². The van der Waals surface area contributed by atoms with Crippen molar-refractivity contribution in [2.24, 2.45) is 0 Å². The van der Waals surface area contributed by atoms with Crippen LogP contribution in [0.3, 0.4) is 0 Å². The van der Waals surface area contributed by atoms with E-state index < -0.39 is 9.84 Å². The van der Waals surface area contributed by atoms with Crippen molar-refractivity contribution >= 4 is 21.4 Å². The Bertz CT molecular complexity index is 1010. The largest absolute Gasteiger partial charge is 0.444 e. The number of hydrogen-bond acceptors (Lipinski definition) is 4. The van der Waals surface area contributed by atoms with E-state index in [-0.39, 0.29) is 11.5 Å². The van der Waals surface area contributed by atoms with E-state index in [0.29, 0.717) is 22.2 Å². The minimum atomic E-state index is -3.35. The van der Waals surface area contributed by atoms with Crippen LogP contribution in [0.4, 0.5) is 0 Å². The first-order valence-corrected chi connectivity index (χ1v) is 9.99. The monoisotopic (exact) mass is 375 g/mol. The molecule has 0 aliphatic heterocycles. The zero-order valence-electron chi connectivity index (χ0n) is 14.0. The number of halogens is 1. The molecule has 0 unspecified atom stereocenters. The van der Waals surface area contributed by atoms with E-state index in [4.69, 9.17) is 16.0 Å². The van der Waals surface area contributed by atoms with E-state index in [1.54, 1.807) is 18.2 Å². The molecule has 0 aliphatic carbocycles. The summed E-state index contributed by atoms with van der Waals surface area (Å²) in [7, 11) is -3.35. The number of hydrogen-bond donors (Lipinski definition) is 0. The first kappa shape index (κ1) is 17.7. The maximum absolute atomic E-state index is 12.5. The lowest BCUT2D eigenvalue weighted by molar-refractivity contribution is 0.571. The highest BCUT2D eigenvalue weighted by Crippen LogP contribution is 2.23. The fourth-order valence-corrected chi connectivity index (χ4v) is 4.26. The molecule has 1 heterocycles. The zero-order valence-corrected chi connectivity index (χ0v) is 15.6. The lowest BCUT2D eigenvalue weighted by Gasteiger charge is -2.07. The van der Waals surface area contributed by atoms with E-state index in [2.05, 4.69) is 4.98 Å². The lowest BCUT2D eigenvalue weighted by Crippen LogP contribution is -2.09. The van der Waals surface area contributed by atoms with E-state index in [9.17, 15) is 8.42 Å². The van der Waals surface area contributed by atoms with Gasteiger partial charge in [-0.15, -0.1) is 0 Å². The highest BCUT2D eigenvalue weighted by molar-refractivity contribution is 7.89. The molecule has 6 heteroatoms. The summed E-state index contributed by atoms with van der Waals surface area (Å²) in [5.41, 5.74) is 3.93. The van der Waals surface area contributed by atoms with Gasteiger partial charge in [0.2, 0.25) is 5.89 Å². The summed E-state index contributed by atoms with van der Waals surface area (Å²) in [6, 6.07) is 12.9. The van der Waals surface area contributed by atoms with Crippen LogP contribution >= 0.6 is 11.6 Å². The average molecular weight is 376 g/mol. The van der Waals surface area contributed by atoms with Crippen molar-refractivity contribution in [2.45, 2.75) is 25.4 Å². The molecule has 0 aliphatic rings. The SMILES string of the molecule is Cc1ccc(C)c(CS(=O)(=O)Cc2coc(-c3cccc(Cl)c3)n2)c1. The predicted octanol–water partition coefficient (Wildman–Crippen LogP) is 4.73. The molecular formula is C19H18ClNO3S. The normalized spacial score (nSPS) is 11.6. The zero-order chi connectivity index (χ0) is 18.0. The number of aryl methyl sites for hydroxylation is 2. The van der Waals surface area contributed by atoms with Gasteiger partial charge in [0, 0.05) is 10.6 Å². The van der Waals surface area contributed by atoms with Gasteiger partial charge in [0.15, 0.2) is 9.84 Å². The molecule has 130 valence electrons. The first-order valence-electron chi connectivity index (χ1n) is 7.79. The molecule has 0 saturated heterocycles. The second kappa shape index (κ2) is 7.02. The smallest absolute Gasteiger partial charge is 0.226 e. The molecule has 3 rings (SSSR count). The second-order valence-electron chi connectivity index (χ2n) is 6.12. The van der Waals surface area contributed by atoms with Crippen LogP contribution in [-0.2, 0) is 21.3 Å². The molecule has 0 bridgehead atoms. The third kappa shape index (κ3) is 4.50. The van der Waals surface area contributed by atoms with E-state index in [0.717, 1.165) is 16.7 Å². The van der Waals surface area contributed by atoms with Crippen molar-refractivity contribution in [3.63, 3.8) is 0 Å². The van der Waals surface area contributed by atoms with Gasteiger partial charge in [-0.1, -0.05) is 41.4 Å². The van der Waals surface area contributed by atoms with Gasteiger partial charge < -0.3 is 4.42 Å². The molecule has 0 N–H and O–H groups in total. The van der Waals surface area contributed by atoms with Crippen molar-refractivity contribution in [1.29, 1.82) is 0 Å². The van der Waals surface area contributed by atoms with Crippen molar-refractivity contribution in [2.75, 3.05) is 0 Å². The Hall–Kier alpha value is -2.11. The quantitative estimate of drug-likeness (QED) is 0.647. The highest BCUT2D eigenvalue weighted by atomic mass is 35.5. The van der Waals surface area contributed by atoms with Gasteiger partial charge in [-0.3, -0.25) is 0 Å². The van der Waals surface area contributed by atoms with Crippen LogP contribution in [0.1, 0.15) is 22.4 Å². The maximum atomic E-state index is 12.5. The number of benzene rings is 2.